The molecule has 6 rings (SSSR count). The van der Waals surface area contributed by atoms with Crippen LogP contribution in [0.3, 0.4) is 0 Å². The molecular formula is C32H20F4N2S. The number of rotatable bonds is 4. The molecule has 0 bridgehead atoms. The van der Waals surface area contributed by atoms with Gasteiger partial charge < -0.3 is 0 Å². The van der Waals surface area contributed by atoms with Crippen LogP contribution in [0, 0.1) is 37.1 Å². The fourth-order valence-corrected chi connectivity index (χ4v) is 5.39. The minimum Gasteiger partial charge on any atom is -0.206 e. The fourth-order valence-electron chi connectivity index (χ4n) is 4.81. The van der Waals surface area contributed by atoms with Crippen molar-refractivity contribution in [3.05, 3.63) is 119 Å². The molecule has 1 aromatic heterocycles. The van der Waals surface area contributed by atoms with E-state index in [0.29, 0.717) is 44.4 Å². The summed E-state index contributed by atoms with van der Waals surface area (Å²) in [7, 11) is 0. The average molecular weight is 541 g/mol. The lowest BCUT2D eigenvalue weighted by Gasteiger charge is -2.11. The van der Waals surface area contributed by atoms with Gasteiger partial charge in [-0.1, -0.05) is 60.7 Å². The van der Waals surface area contributed by atoms with Gasteiger partial charge in [0.15, 0.2) is 0 Å². The Morgan fingerprint density at radius 3 is 1.18 bits per heavy atom. The zero-order valence-corrected chi connectivity index (χ0v) is 21.7. The van der Waals surface area contributed by atoms with Crippen molar-refractivity contribution >= 4 is 22.8 Å². The van der Waals surface area contributed by atoms with E-state index in [1.165, 1.54) is 24.3 Å². The second-order valence-corrected chi connectivity index (χ2v) is 10.0. The van der Waals surface area contributed by atoms with E-state index in [2.05, 4.69) is 8.75 Å². The van der Waals surface area contributed by atoms with E-state index in [0.717, 1.165) is 22.9 Å². The van der Waals surface area contributed by atoms with E-state index < -0.39 is 23.3 Å². The molecule has 0 aliphatic carbocycles. The molecule has 6 aromatic rings. The number of aryl methyl sites for hydroxylation is 2. The number of fused-ring (bicyclic) bond motifs is 1. The van der Waals surface area contributed by atoms with Crippen molar-refractivity contribution in [1.29, 1.82) is 0 Å². The molecule has 0 aliphatic heterocycles. The number of halogens is 4. The van der Waals surface area contributed by atoms with Gasteiger partial charge in [0.2, 0.25) is 0 Å². The molecule has 1 heterocycles. The SMILES string of the molecule is Cc1ccc(-c2ccc(-c3ccc(-c4ccc(-c5ccc(C)cc5F)cc4F)c4nsnc34)c(F)c2)c(F)c1. The highest BCUT2D eigenvalue weighted by Gasteiger charge is 2.19. The Balaban J connectivity index is 1.40. The molecule has 2 nitrogen and oxygen atoms in total. The summed E-state index contributed by atoms with van der Waals surface area (Å²) in [4.78, 5) is 0. The Kier molecular flexibility index (Phi) is 6.23. The molecule has 0 amide bonds. The fraction of sp³-hybridized carbons (Fsp3) is 0.0625. The van der Waals surface area contributed by atoms with Crippen LogP contribution in [0.1, 0.15) is 11.1 Å². The molecule has 0 radical (unpaired) electrons. The molecule has 192 valence electrons. The number of benzene rings is 5. The van der Waals surface area contributed by atoms with E-state index in [4.69, 9.17) is 0 Å². The van der Waals surface area contributed by atoms with Crippen LogP contribution in [-0.2, 0) is 0 Å². The first-order chi connectivity index (χ1) is 18.8. The quantitative estimate of drug-likeness (QED) is 0.208. The summed E-state index contributed by atoms with van der Waals surface area (Å²) in [5, 5.41) is 0. The van der Waals surface area contributed by atoms with E-state index in [1.807, 2.05) is 0 Å². The van der Waals surface area contributed by atoms with Gasteiger partial charge in [0.05, 0.1) is 11.7 Å². The monoisotopic (exact) mass is 540 g/mol. The van der Waals surface area contributed by atoms with Crippen LogP contribution in [-0.4, -0.2) is 8.75 Å². The van der Waals surface area contributed by atoms with Gasteiger partial charge in [0, 0.05) is 33.4 Å². The predicted octanol–water partition coefficient (Wildman–Crippen LogP) is 9.53. The van der Waals surface area contributed by atoms with E-state index in [9.17, 15) is 8.78 Å². The highest BCUT2D eigenvalue weighted by Crippen LogP contribution is 2.38. The minimum atomic E-state index is -0.537. The topological polar surface area (TPSA) is 25.8 Å². The van der Waals surface area contributed by atoms with E-state index in [1.54, 1.807) is 74.5 Å². The van der Waals surface area contributed by atoms with E-state index in [-0.39, 0.29) is 11.1 Å². The van der Waals surface area contributed by atoms with Crippen LogP contribution in [0.4, 0.5) is 17.6 Å². The Morgan fingerprint density at radius 2 is 0.795 bits per heavy atom. The average Bonchev–Trinajstić information content (AvgIpc) is 3.39. The molecule has 0 unspecified atom stereocenters. The van der Waals surface area contributed by atoms with Crippen LogP contribution in [0.15, 0.2) is 84.9 Å². The minimum absolute atomic E-state index is 0.279. The maximum atomic E-state index is 15.4. The number of nitrogens with zero attached hydrogens (tertiary/aromatic N) is 2. The molecule has 0 aliphatic rings. The standard InChI is InChI=1S/C32H20F4N2S/c1-17-3-7-21(27(33)13-17)19-5-9-23(29(35)15-19)25-11-12-26(32-31(25)37-39-38-32)24-10-6-20(16-30(24)36)22-8-4-18(2)14-28(22)34/h3-16H,1-2H3. The van der Waals surface area contributed by atoms with E-state index >= 15 is 8.78 Å². The molecule has 0 N–H and O–H groups in total. The predicted molar refractivity (Wildman–Crippen MR) is 148 cm³/mol. The molecule has 0 saturated heterocycles. The molecule has 39 heavy (non-hydrogen) atoms. The second kappa shape index (κ2) is 9.75. The second-order valence-electron chi connectivity index (χ2n) is 9.48. The summed E-state index contributed by atoms with van der Waals surface area (Å²) >= 11 is 0.945. The molecule has 5 aromatic carbocycles. The van der Waals surface area contributed by atoms with Gasteiger partial charge in [-0.25, -0.2) is 17.6 Å². The van der Waals surface area contributed by atoms with Crippen molar-refractivity contribution in [3.63, 3.8) is 0 Å². The van der Waals surface area contributed by atoms with Crippen molar-refractivity contribution in [2.75, 3.05) is 0 Å². The zero-order chi connectivity index (χ0) is 27.3. The molecule has 0 saturated carbocycles. The van der Waals surface area contributed by atoms with Gasteiger partial charge in [-0.3, -0.25) is 0 Å². The summed E-state index contributed by atoms with van der Waals surface area (Å²) in [6.45, 7) is 3.58. The molecule has 0 fully saturated rings. The van der Waals surface area contributed by atoms with Crippen LogP contribution in [0.5, 0.6) is 0 Å². The van der Waals surface area contributed by atoms with Gasteiger partial charge in [-0.05, 0) is 60.4 Å². The maximum absolute atomic E-state index is 15.4. The first kappa shape index (κ1) is 24.9. The van der Waals surface area contributed by atoms with Gasteiger partial charge in [0.25, 0.3) is 0 Å². The molecule has 0 atom stereocenters. The van der Waals surface area contributed by atoms with Gasteiger partial charge in [-0.2, -0.15) is 8.75 Å². The summed E-state index contributed by atoms with van der Waals surface area (Å²) < 4.78 is 68.4. The summed E-state index contributed by atoms with van der Waals surface area (Å²) in [6.07, 6.45) is 0. The highest BCUT2D eigenvalue weighted by molar-refractivity contribution is 7.00. The largest absolute Gasteiger partial charge is 0.206 e. The third kappa shape index (κ3) is 4.49. The molecular weight excluding hydrogens is 520 g/mol. The van der Waals surface area contributed by atoms with Crippen molar-refractivity contribution in [3.8, 4) is 44.5 Å². The lowest BCUT2D eigenvalue weighted by Crippen LogP contribution is -1.93. The summed E-state index contributed by atoms with van der Waals surface area (Å²) in [6, 6.07) is 22.1. The Hall–Kier alpha value is -4.36. The van der Waals surface area contributed by atoms with Crippen molar-refractivity contribution in [1.82, 2.24) is 8.75 Å². The summed E-state index contributed by atoms with van der Waals surface area (Å²) in [5.41, 5.74) is 5.43. The Labute approximate surface area is 226 Å². The van der Waals surface area contributed by atoms with Crippen LogP contribution >= 0.6 is 11.7 Å². The van der Waals surface area contributed by atoms with Gasteiger partial charge in [-0.15, -0.1) is 0 Å². The lowest BCUT2D eigenvalue weighted by atomic mass is 9.94. The Morgan fingerprint density at radius 1 is 0.436 bits per heavy atom. The third-order valence-corrected chi connectivity index (χ3v) is 7.33. The van der Waals surface area contributed by atoms with Crippen molar-refractivity contribution in [2.45, 2.75) is 13.8 Å². The molecule has 0 spiro atoms. The number of aromatic nitrogens is 2. The van der Waals surface area contributed by atoms with Crippen LogP contribution in [0.2, 0.25) is 0 Å². The lowest BCUT2D eigenvalue weighted by molar-refractivity contribution is 0.625. The van der Waals surface area contributed by atoms with Crippen LogP contribution < -0.4 is 0 Å². The van der Waals surface area contributed by atoms with Crippen molar-refractivity contribution < 1.29 is 17.6 Å². The van der Waals surface area contributed by atoms with Gasteiger partial charge >= 0.3 is 0 Å². The Bertz CT molecular complexity index is 1760. The van der Waals surface area contributed by atoms with Crippen LogP contribution in [0.25, 0.3) is 55.5 Å². The van der Waals surface area contributed by atoms with Crippen molar-refractivity contribution in [2.24, 2.45) is 0 Å². The first-order valence-electron chi connectivity index (χ1n) is 12.2. The normalized spacial score (nSPS) is 11.3. The third-order valence-electron chi connectivity index (χ3n) is 6.81. The first-order valence-corrected chi connectivity index (χ1v) is 12.9. The molecule has 7 heteroatoms. The smallest absolute Gasteiger partial charge is 0.131 e. The highest BCUT2D eigenvalue weighted by atomic mass is 32.1. The zero-order valence-electron chi connectivity index (χ0n) is 20.9. The number of hydrogen-bond donors (Lipinski definition) is 0. The van der Waals surface area contributed by atoms with Gasteiger partial charge in [0.1, 0.15) is 34.3 Å². The summed E-state index contributed by atoms with van der Waals surface area (Å²) in [5.74, 6) is -1.91. The maximum Gasteiger partial charge on any atom is 0.131 e. The number of hydrogen-bond acceptors (Lipinski definition) is 3.